The molecule has 0 fully saturated rings. The van der Waals surface area contributed by atoms with Crippen LogP contribution in [0.1, 0.15) is 43.1 Å². The topological polar surface area (TPSA) is 47.6 Å². The smallest absolute Gasteiger partial charge is 0.255 e. The summed E-state index contributed by atoms with van der Waals surface area (Å²) < 4.78 is 11.1. The van der Waals surface area contributed by atoms with Crippen LogP contribution in [-0.2, 0) is 6.42 Å². The van der Waals surface area contributed by atoms with Gasteiger partial charge >= 0.3 is 0 Å². The number of carbonyl (C=O) groups excluding carboxylic acids is 1. The Labute approximate surface area is 143 Å². The second kappa shape index (κ2) is 8.96. The van der Waals surface area contributed by atoms with Crippen LogP contribution >= 0.6 is 0 Å². The van der Waals surface area contributed by atoms with Gasteiger partial charge in [0.2, 0.25) is 0 Å². The van der Waals surface area contributed by atoms with E-state index in [4.69, 9.17) is 9.47 Å². The first-order chi connectivity index (χ1) is 11.7. The van der Waals surface area contributed by atoms with Crippen molar-refractivity contribution >= 4 is 11.6 Å². The van der Waals surface area contributed by atoms with Gasteiger partial charge in [0, 0.05) is 11.3 Å². The summed E-state index contributed by atoms with van der Waals surface area (Å²) in [6.45, 7) is 7.04. The number of amides is 1. The first kappa shape index (κ1) is 17.9. The van der Waals surface area contributed by atoms with E-state index in [2.05, 4.69) is 12.2 Å². The Bertz CT molecular complexity index is 665. The third-order valence-corrected chi connectivity index (χ3v) is 3.56. The number of benzene rings is 2. The minimum atomic E-state index is -0.165. The van der Waals surface area contributed by atoms with Crippen molar-refractivity contribution in [2.75, 3.05) is 18.5 Å². The lowest BCUT2D eigenvalue weighted by Gasteiger charge is -2.12. The molecule has 128 valence electrons. The second-order valence-electron chi connectivity index (χ2n) is 5.43. The normalized spacial score (nSPS) is 10.3. The number of rotatable bonds is 8. The summed E-state index contributed by atoms with van der Waals surface area (Å²) in [5.74, 6) is 1.08. The molecule has 2 aromatic carbocycles. The summed E-state index contributed by atoms with van der Waals surface area (Å²) in [5, 5.41) is 2.91. The van der Waals surface area contributed by atoms with E-state index in [-0.39, 0.29) is 5.91 Å². The molecule has 0 aliphatic rings. The molecule has 2 rings (SSSR count). The van der Waals surface area contributed by atoms with Crippen molar-refractivity contribution in [3.8, 4) is 11.5 Å². The molecule has 0 aromatic heterocycles. The zero-order valence-corrected chi connectivity index (χ0v) is 14.6. The van der Waals surface area contributed by atoms with E-state index in [1.165, 1.54) is 5.56 Å². The van der Waals surface area contributed by atoms with Crippen molar-refractivity contribution in [2.24, 2.45) is 0 Å². The van der Waals surface area contributed by atoms with Gasteiger partial charge in [0.05, 0.1) is 13.2 Å². The zero-order valence-electron chi connectivity index (χ0n) is 14.6. The summed E-state index contributed by atoms with van der Waals surface area (Å²) >= 11 is 0. The van der Waals surface area contributed by atoms with Gasteiger partial charge in [-0.2, -0.15) is 0 Å². The lowest BCUT2D eigenvalue weighted by atomic mass is 10.1. The Hall–Kier alpha value is -2.49. The van der Waals surface area contributed by atoms with Crippen molar-refractivity contribution in [2.45, 2.75) is 33.6 Å². The lowest BCUT2D eigenvalue weighted by molar-refractivity contribution is 0.102. The van der Waals surface area contributed by atoms with Crippen molar-refractivity contribution in [3.05, 3.63) is 53.6 Å². The Morgan fingerprint density at radius 2 is 1.58 bits per heavy atom. The van der Waals surface area contributed by atoms with Crippen LogP contribution in [0.5, 0.6) is 11.5 Å². The summed E-state index contributed by atoms with van der Waals surface area (Å²) in [5.41, 5.74) is 2.60. The Morgan fingerprint density at radius 1 is 0.917 bits per heavy atom. The molecule has 1 amide bonds. The predicted octanol–water partition coefficient (Wildman–Crippen LogP) is 4.69. The van der Waals surface area contributed by atoms with E-state index >= 15 is 0 Å². The van der Waals surface area contributed by atoms with E-state index in [0.29, 0.717) is 30.3 Å². The maximum atomic E-state index is 12.4. The van der Waals surface area contributed by atoms with E-state index in [1.54, 1.807) is 18.2 Å². The molecule has 0 atom stereocenters. The highest BCUT2D eigenvalue weighted by Crippen LogP contribution is 2.29. The molecule has 0 aliphatic carbocycles. The fourth-order valence-electron chi connectivity index (χ4n) is 2.44. The number of nitrogens with one attached hydrogen (secondary N) is 1. The molecular weight excluding hydrogens is 302 g/mol. The standard InChI is InChI=1S/C20H25NO3/c1-4-7-15-8-11-17(12-9-15)21-20(22)16-10-13-18(23-5-2)19(14-16)24-6-3/h8-14H,4-7H2,1-3H3,(H,21,22). The molecule has 0 bridgehead atoms. The monoisotopic (exact) mass is 327 g/mol. The highest BCUT2D eigenvalue weighted by atomic mass is 16.5. The third-order valence-electron chi connectivity index (χ3n) is 3.56. The van der Waals surface area contributed by atoms with Crippen LogP contribution in [-0.4, -0.2) is 19.1 Å². The Morgan fingerprint density at radius 3 is 2.21 bits per heavy atom. The second-order valence-corrected chi connectivity index (χ2v) is 5.43. The molecule has 1 N–H and O–H groups in total. The van der Waals surface area contributed by atoms with Crippen LogP contribution < -0.4 is 14.8 Å². The molecule has 0 heterocycles. The summed E-state index contributed by atoms with van der Waals surface area (Å²) in [4.78, 5) is 12.4. The molecule has 0 unspecified atom stereocenters. The summed E-state index contributed by atoms with van der Waals surface area (Å²) in [6, 6.07) is 13.2. The fourth-order valence-corrected chi connectivity index (χ4v) is 2.44. The van der Waals surface area contributed by atoms with Crippen LogP contribution in [0.15, 0.2) is 42.5 Å². The van der Waals surface area contributed by atoms with Gasteiger partial charge in [-0.05, 0) is 56.2 Å². The van der Waals surface area contributed by atoms with Gasteiger partial charge in [-0.1, -0.05) is 25.5 Å². The van der Waals surface area contributed by atoms with E-state index < -0.39 is 0 Å². The van der Waals surface area contributed by atoms with Gasteiger partial charge in [0.25, 0.3) is 5.91 Å². The quantitative estimate of drug-likeness (QED) is 0.765. The maximum absolute atomic E-state index is 12.4. The van der Waals surface area contributed by atoms with Crippen molar-refractivity contribution in [1.29, 1.82) is 0 Å². The number of anilines is 1. The molecule has 0 spiro atoms. The summed E-state index contributed by atoms with van der Waals surface area (Å²) in [6.07, 6.45) is 2.16. The van der Waals surface area contributed by atoms with E-state index in [0.717, 1.165) is 18.5 Å². The van der Waals surface area contributed by atoms with Gasteiger partial charge < -0.3 is 14.8 Å². The van der Waals surface area contributed by atoms with Gasteiger partial charge in [0.15, 0.2) is 11.5 Å². The Balaban J connectivity index is 2.12. The number of hydrogen-bond acceptors (Lipinski definition) is 3. The molecule has 0 aliphatic heterocycles. The number of aryl methyl sites for hydroxylation is 1. The number of ether oxygens (including phenoxy) is 2. The van der Waals surface area contributed by atoms with E-state index in [9.17, 15) is 4.79 Å². The Kier molecular flexibility index (Phi) is 6.67. The molecular formula is C20H25NO3. The lowest BCUT2D eigenvalue weighted by Crippen LogP contribution is -2.12. The first-order valence-electron chi connectivity index (χ1n) is 8.47. The SMILES string of the molecule is CCCc1ccc(NC(=O)c2ccc(OCC)c(OCC)c2)cc1. The fraction of sp³-hybridized carbons (Fsp3) is 0.350. The molecule has 0 saturated heterocycles. The van der Waals surface area contributed by atoms with Crippen LogP contribution in [0.3, 0.4) is 0 Å². The van der Waals surface area contributed by atoms with Crippen molar-refractivity contribution in [1.82, 2.24) is 0 Å². The zero-order chi connectivity index (χ0) is 17.4. The minimum Gasteiger partial charge on any atom is -0.490 e. The highest BCUT2D eigenvalue weighted by Gasteiger charge is 2.11. The predicted molar refractivity (Wildman–Crippen MR) is 97.2 cm³/mol. The molecule has 24 heavy (non-hydrogen) atoms. The molecule has 4 heteroatoms. The largest absolute Gasteiger partial charge is 0.490 e. The maximum Gasteiger partial charge on any atom is 0.255 e. The van der Waals surface area contributed by atoms with Crippen molar-refractivity contribution in [3.63, 3.8) is 0 Å². The van der Waals surface area contributed by atoms with Crippen LogP contribution in [0.4, 0.5) is 5.69 Å². The minimum absolute atomic E-state index is 0.165. The molecule has 0 saturated carbocycles. The van der Waals surface area contributed by atoms with Gasteiger partial charge in [-0.25, -0.2) is 0 Å². The van der Waals surface area contributed by atoms with Gasteiger partial charge in [-0.15, -0.1) is 0 Å². The van der Waals surface area contributed by atoms with Crippen LogP contribution in [0, 0.1) is 0 Å². The van der Waals surface area contributed by atoms with Gasteiger partial charge in [-0.3, -0.25) is 4.79 Å². The average molecular weight is 327 g/mol. The number of hydrogen-bond donors (Lipinski definition) is 1. The molecule has 2 aromatic rings. The summed E-state index contributed by atoms with van der Waals surface area (Å²) in [7, 11) is 0. The average Bonchev–Trinajstić information content (AvgIpc) is 2.59. The third kappa shape index (κ3) is 4.75. The first-order valence-corrected chi connectivity index (χ1v) is 8.47. The van der Waals surface area contributed by atoms with Crippen LogP contribution in [0.2, 0.25) is 0 Å². The van der Waals surface area contributed by atoms with Crippen molar-refractivity contribution < 1.29 is 14.3 Å². The molecule has 4 nitrogen and oxygen atoms in total. The van der Waals surface area contributed by atoms with E-state index in [1.807, 2.05) is 38.1 Å². The molecule has 0 radical (unpaired) electrons. The number of carbonyl (C=O) groups is 1. The van der Waals surface area contributed by atoms with Gasteiger partial charge in [0.1, 0.15) is 0 Å². The van der Waals surface area contributed by atoms with Crippen LogP contribution in [0.25, 0.3) is 0 Å². The highest BCUT2D eigenvalue weighted by molar-refractivity contribution is 6.04.